The van der Waals surface area contributed by atoms with E-state index in [0.29, 0.717) is 6.04 Å². The maximum absolute atomic E-state index is 4.51. The van der Waals surface area contributed by atoms with E-state index in [-0.39, 0.29) is 0 Å². The first-order valence-corrected chi connectivity index (χ1v) is 10.2. The summed E-state index contributed by atoms with van der Waals surface area (Å²) in [5.74, 6) is 0.939. The molecule has 0 saturated carbocycles. The van der Waals surface area contributed by atoms with E-state index >= 15 is 0 Å². The molecule has 1 fully saturated rings. The van der Waals surface area contributed by atoms with Crippen molar-refractivity contribution in [2.45, 2.75) is 38.4 Å². The van der Waals surface area contributed by atoms with Gasteiger partial charge in [0.15, 0.2) is 11.5 Å². The lowest BCUT2D eigenvalue weighted by atomic mass is 10.0. The largest absolute Gasteiger partial charge is 0.312 e. The molecule has 29 heavy (non-hydrogen) atoms. The molecule has 8 heteroatoms. The number of hydrogen-bond acceptors (Lipinski definition) is 6. The molecule has 0 atom stereocenters. The molecule has 148 valence electrons. The molecule has 0 spiro atoms. The molecule has 5 rings (SSSR count). The van der Waals surface area contributed by atoms with Crippen LogP contribution in [0, 0.1) is 0 Å². The van der Waals surface area contributed by atoms with Gasteiger partial charge < -0.3 is 4.57 Å². The zero-order valence-corrected chi connectivity index (χ0v) is 16.3. The van der Waals surface area contributed by atoms with E-state index in [1.54, 1.807) is 0 Å². The van der Waals surface area contributed by atoms with E-state index in [2.05, 4.69) is 59.2 Å². The first-order valence-electron chi connectivity index (χ1n) is 10.2. The predicted molar refractivity (Wildman–Crippen MR) is 109 cm³/mol. The van der Waals surface area contributed by atoms with Crippen molar-refractivity contribution in [1.82, 2.24) is 39.6 Å². The van der Waals surface area contributed by atoms with Gasteiger partial charge in [0.2, 0.25) is 0 Å². The van der Waals surface area contributed by atoms with Gasteiger partial charge in [0.05, 0.1) is 12.9 Å². The van der Waals surface area contributed by atoms with Gasteiger partial charge in [-0.2, -0.15) is 0 Å². The summed E-state index contributed by atoms with van der Waals surface area (Å²) in [5.41, 5.74) is 3.25. The van der Waals surface area contributed by atoms with Crippen LogP contribution < -0.4 is 0 Å². The minimum Gasteiger partial charge on any atom is -0.312 e. The third-order valence-corrected chi connectivity index (χ3v) is 5.71. The Morgan fingerprint density at radius 3 is 2.69 bits per heavy atom. The Bertz CT molecular complexity index is 1060. The number of imidazole rings is 1. The number of hydrogen-bond donors (Lipinski definition) is 0. The zero-order chi connectivity index (χ0) is 19.5. The van der Waals surface area contributed by atoms with Crippen molar-refractivity contribution in [3.05, 3.63) is 66.4 Å². The molecule has 1 aromatic carbocycles. The van der Waals surface area contributed by atoms with Gasteiger partial charge >= 0.3 is 0 Å². The highest BCUT2D eigenvalue weighted by atomic mass is 15.5. The molecule has 1 aliphatic heterocycles. The Kier molecular flexibility index (Phi) is 5.00. The second-order valence-corrected chi connectivity index (χ2v) is 7.56. The summed E-state index contributed by atoms with van der Waals surface area (Å²) < 4.78 is 4.17. The lowest BCUT2D eigenvalue weighted by Gasteiger charge is -2.32. The summed E-state index contributed by atoms with van der Waals surface area (Å²) in [7, 11) is 0. The number of tetrazole rings is 1. The lowest BCUT2D eigenvalue weighted by molar-refractivity contribution is 0.175. The van der Waals surface area contributed by atoms with E-state index in [0.717, 1.165) is 62.4 Å². The number of piperidine rings is 1. The smallest absolute Gasteiger partial charge is 0.165 e. The zero-order valence-electron chi connectivity index (χ0n) is 16.3. The third-order valence-electron chi connectivity index (χ3n) is 5.71. The van der Waals surface area contributed by atoms with Crippen molar-refractivity contribution in [3.8, 4) is 0 Å². The number of rotatable bonds is 6. The van der Waals surface area contributed by atoms with Crippen molar-refractivity contribution in [2.24, 2.45) is 0 Å². The minimum atomic E-state index is 0.445. The maximum Gasteiger partial charge on any atom is 0.165 e. The number of likely N-dealkylation sites (tertiary alicyclic amines) is 1. The van der Waals surface area contributed by atoms with Crippen molar-refractivity contribution in [2.75, 3.05) is 13.1 Å². The van der Waals surface area contributed by atoms with Crippen LogP contribution in [0.15, 0.2) is 55.0 Å². The van der Waals surface area contributed by atoms with Gasteiger partial charge in [-0.05, 0) is 47.4 Å². The average molecular weight is 388 g/mol. The minimum absolute atomic E-state index is 0.445. The topological polar surface area (TPSA) is 77.5 Å². The van der Waals surface area contributed by atoms with Crippen LogP contribution in [-0.2, 0) is 19.5 Å². The lowest BCUT2D eigenvalue weighted by Crippen LogP contribution is -2.35. The second-order valence-electron chi connectivity index (χ2n) is 7.56. The van der Waals surface area contributed by atoms with Gasteiger partial charge in [0.1, 0.15) is 5.52 Å². The molecule has 4 aromatic rings. The summed E-state index contributed by atoms with van der Waals surface area (Å²) >= 11 is 0. The van der Waals surface area contributed by atoms with Crippen molar-refractivity contribution in [1.29, 1.82) is 0 Å². The van der Waals surface area contributed by atoms with Crippen LogP contribution in [0.25, 0.3) is 11.2 Å². The van der Waals surface area contributed by atoms with E-state index < -0.39 is 0 Å². The summed E-state index contributed by atoms with van der Waals surface area (Å²) in [5, 5.41) is 12.4. The number of fused-ring (bicyclic) bond motifs is 1. The summed E-state index contributed by atoms with van der Waals surface area (Å²) in [4.78, 5) is 11.4. The second kappa shape index (κ2) is 8.08. The fourth-order valence-electron chi connectivity index (χ4n) is 4.08. The Hall–Kier alpha value is -3.13. The highest BCUT2D eigenvalue weighted by Gasteiger charge is 2.23. The van der Waals surface area contributed by atoms with Crippen molar-refractivity contribution in [3.63, 3.8) is 0 Å². The van der Waals surface area contributed by atoms with E-state index in [4.69, 9.17) is 0 Å². The number of benzene rings is 1. The van der Waals surface area contributed by atoms with Crippen LogP contribution in [0.2, 0.25) is 0 Å². The summed E-state index contributed by atoms with van der Waals surface area (Å²) in [6.07, 6.45) is 6.86. The molecule has 8 nitrogen and oxygen atoms in total. The van der Waals surface area contributed by atoms with Gasteiger partial charge in [-0.1, -0.05) is 30.3 Å². The Morgan fingerprint density at radius 1 is 0.966 bits per heavy atom. The fraction of sp³-hybridized carbons (Fsp3) is 0.381. The van der Waals surface area contributed by atoms with Crippen LogP contribution in [0.1, 0.15) is 30.3 Å². The van der Waals surface area contributed by atoms with Gasteiger partial charge in [-0.25, -0.2) is 14.6 Å². The van der Waals surface area contributed by atoms with Crippen LogP contribution in [0.5, 0.6) is 0 Å². The van der Waals surface area contributed by atoms with Gasteiger partial charge in [-0.15, -0.1) is 5.10 Å². The standard InChI is InChI=1S/C21H24N8/c1-2-5-17(6-3-1)8-14-29-20(24-25-26-29)15-27-12-9-18(10-13-27)28-16-23-19-7-4-11-22-21(19)28/h1-7,11,16,18H,8-10,12-15H2. The Morgan fingerprint density at radius 2 is 1.83 bits per heavy atom. The van der Waals surface area contributed by atoms with Gasteiger partial charge in [-0.3, -0.25) is 4.90 Å². The molecule has 0 aliphatic carbocycles. The van der Waals surface area contributed by atoms with E-state index in [9.17, 15) is 0 Å². The number of aromatic nitrogens is 7. The normalized spacial score (nSPS) is 15.9. The van der Waals surface area contributed by atoms with Crippen molar-refractivity contribution < 1.29 is 0 Å². The quantitative estimate of drug-likeness (QED) is 0.505. The molecular formula is C21H24N8. The SMILES string of the molecule is c1ccc(CCn2nnnc2CN2CCC(n3cnc4cccnc43)CC2)cc1. The molecule has 0 N–H and O–H groups in total. The summed E-state index contributed by atoms with van der Waals surface area (Å²) in [6.45, 7) is 3.62. The molecule has 1 saturated heterocycles. The van der Waals surface area contributed by atoms with Gasteiger partial charge in [0, 0.05) is 31.9 Å². The summed E-state index contributed by atoms with van der Waals surface area (Å²) in [6, 6.07) is 14.9. The fourth-order valence-corrected chi connectivity index (χ4v) is 4.08. The van der Waals surface area contributed by atoms with E-state index in [1.807, 2.05) is 35.4 Å². The highest BCUT2D eigenvalue weighted by molar-refractivity contribution is 5.70. The van der Waals surface area contributed by atoms with E-state index in [1.165, 1.54) is 5.56 Å². The first kappa shape index (κ1) is 17.9. The van der Waals surface area contributed by atoms with Crippen LogP contribution >= 0.6 is 0 Å². The molecule has 4 heterocycles. The molecular weight excluding hydrogens is 364 g/mol. The maximum atomic E-state index is 4.51. The van der Waals surface area contributed by atoms with Crippen LogP contribution in [0.4, 0.5) is 0 Å². The number of nitrogens with zero attached hydrogens (tertiary/aromatic N) is 8. The highest BCUT2D eigenvalue weighted by Crippen LogP contribution is 2.26. The number of pyridine rings is 1. The van der Waals surface area contributed by atoms with Gasteiger partial charge in [0.25, 0.3) is 0 Å². The molecule has 3 aromatic heterocycles. The Labute approximate surface area is 169 Å². The van der Waals surface area contributed by atoms with Crippen molar-refractivity contribution >= 4 is 11.2 Å². The third kappa shape index (κ3) is 3.88. The van der Waals surface area contributed by atoms with Crippen LogP contribution in [-0.4, -0.2) is 52.7 Å². The molecule has 1 aliphatic rings. The number of aryl methyl sites for hydroxylation is 2. The predicted octanol–water partition coefficient (Wildman–Crippen LogP) is 2.50. The monoisotopic (exact) mass is 388 g/mol. The molecule has 0 amide bonds. The Balaban J connectivity index is 1.19. The average Bonchev–Trinajstić information content (AvgIpc) is 3.40. The first-order chi connectivity index (χ1) is 14.4. The molecule has 0 bridgehead atoms. The molecule has 0 radical (unpaired) electrons. The van der Waals surface area contributed by atoms with Crippen LogP contribution in [0.3, 0.4) is 0 Å². The molecule has 0 unspecified atom stereocenters.